The lowest BCUT2D eigenvalue weighted by molar-refractivity contribution is 0.356. The van der Waals surface area contributed by atoms with E-state index in [9.17, 15) is 0 Å². The van der Waals surface area contributed by atoms with Crippen LogP contribution in [0.25, 0.3) is 0 Å². The average molecular weight is 285 g/mol. The van der Waals surface area contributed by atoms with Gasteiger partial charge in [-0.15, -0.1) is 0 Å². The molecule has 3 unspecified atom stereocenters. The van der Waals surface area contributed by atoms with Crippen molar-refractivity contribution in [3.63, 3.8) is 0 Å². The predicted octanol–water partition coefficient (Wildman–Crippen LogP) is 5.04. The molecule has 0 spiro atoms. The SMILES string of the molecule is CC(NC1CC(C)(C)CC1C)c1ccc2c(c1)CCCC2. The fraction of sp³-hybridized carbons (Fsp3) is 0.700. The Morgan fingerprint density at radius 2 is 1.81 bits per heavy atom. The van der Waals surface area contributed by atoms with Gasteiger partial charge in [-0.25, -0.2) is 0 Å². The molecule has 116 valence electrons. The van der Waals surface area contributed by atoms with Crippen LogP contribution in [0.4, 0.5) is 0 Å². The van der Waals surface area contributed by atoms with Gasteiger partial charge in [-0.2, -0.15) is 0 Å². The maximum atomic E-state index is 3.91. The lowest BCUT2D eigenvalue weighted by Crippen LogP contribution is -2.33. The van der Waals surface area contributed by atoms with E-state index in [0.29, 0.717) is 17.5 Å². The summed E-state index contributed by atoms with van der Waals surface area (Å²) in [6.07, 6.45) is 7.96. The molecule has 0 saturated heterocycles. The van der Waals surface area contributed by atoms with Crippen LogP contribution >= 0.6 is 0 Å². The van der Waals surface area contributed by atoms with Crippen LogP contribution in [0.1, 0.15) is 76.1 Å². The molecule has 1 nitrogen and oxygen atoms in total. The van der Waals surface area contributed by atoms with Crippen LogP contribution in [0.3, 0.4) is 0 Å². The summed E-state index contributed by atoms with van der Waals surface area (Å²) in [6, 6.07) is 8.35. The Labute approximate surface area is 130 Å². The van der Waals surface area contributed by atoms with Gasteiger partial charge < -0.3 is 5.32 Å². The van der Waals surface area contributed by atoms with Crippen LogP contribution in [0, 0.1) is 11.3 Å². The maximum absolute atomic E-state index is 3.91. The molecule has 0 amide bonds. The quantitative estimate of drug-likeness (QED) is 0.820. The summed E-state index contributed by atoms with van der Waals surface area (Å²) in [5.74, 6) is 0.792. The molecular formula is C20H31N. The van der Waals surface area contributed by atoms with Gasteiger partial charge in [0.05, 0.1) is 0 Å². The van der Waals surface area contributed by atoms with Crippen LogP contribution < -0.4 is 5.32 Å². The predicted molar refractivity (Wildman–Crippen MR) is 90.6 cm³/mol. The lowest BCUT2D eigenvalue weighted by atomic mass is 9.89. The molecule has 3 rings (SSSR count). The summed E-state index contributed by atoms with van der Waals surface area (Å²) in [6.45, 7) is 9.57. The molecule has 0 aliphatic heterocycles. The van der Waals surface area contributed by atoms with Crippen molar-refractivity contribution in [2.75, 3.05) is 0 Å². The largest absolute Gasteiger partial charge is 0.307 e. The van der Waals surface area contributed by atoms with Crippen molar-refractivity contribution >= 4 is 0 Å². The first-order valence-corrected chi connectivity index (χ1v) is 8.82. The summed E-state index contributed by atoms with van der Waals surface area (Å²) in [5.41, 5.74) is 5.18. The minimum absolute atomic E-state index is 0.471. The minimum Gasteiger partial charge on any atom is -0.307 e. The van der Waals surface area contributed by atoms with Crippen molar-refractivity contribution in [3.8, 4) is 0 Å². The smallest absolute Gasteiger partial charge is 0.0294 e. The molecule has 1 aromatic rings. The number of nitrogens with one attached hydrogen (secondary N) is 1. The molecular weight excluding hydrogens is 254 g/mol. The zero-order valence-electron chi connectivity index (χ0n) is 14.2. The lowest BCUT2D eigenvalue weighted by Gasteiger charge is -2.25. The molecule has 1 saturated carbocycles. The molecule has 0 heterocycles. The molecule has 1 heteroatoms. The molecule has 0 bridgehead atoms. The third-order valence-electron chi connectivity index (χ3n) is 5.67. The highest BCUT2D eigenvalue weighted by Gasteiger charge is 2.37. The Morgan fingerprint density at radius 3 is 2.48 bits per heavy atom. The molecule has 0 radical (unpaired) electrons. The van der Waals surface area contributed by atoms with Gasteiger partial charge in [-0.3, -0.25) is 0 Å². The minimum atomic E-state index is 0.471. The van der Waals surface area contributed by atoms with E-state index in [2.05, 4.69) is 51.2 Å². The van der Waals surface area contributed by atoms with Crippen molar-refractivity contribution in [2.45, 2.75) is 78.3 Å². The standard InChI is InChI=1S/C20H31N/c1-14-12-20(3,4)13-19(14)21-15(2)17-10-9-16-7-5-6-8-18(16)11-17/h9-11,14-15,19,21H,5-8,12-13H2,1-4H3. The molecule has 1 aromatic carbocycles. The van der Waals surface area contributed by atoms with Crippen molar-refractivity contribution < 1.29 is 0 Å². The number of rotatable bonds is 3. The van der Waals surface area contributed by atoms with Gasteiger partial charge in [0.25, 0.3) is 0 Å². The fourth-order valence-corrected chi connectivity index (χ4v) is 4.56. The van der Waals surface area contributed by atoms with E-state index in [1.165, 1.54) is 44.1 Å². The molecule has 1 N–H and O–H groups in total. The summed E-state index contributed by atoms with van der Waals surface area (Å²) in [4.78, 5) is 0. The topological polar surface area (TPSA) is 12.0 Å². The first-order valence-electron chi connectivity index (χ1n) is 8.82. The van der Waals surface area contributed by atoms with Crippen LogP contribution in [-0.2, 0) is 12.8 Å². The van der Waals surface area contributed by atoms with Gasteiger partial charge in [0.1, 0.15) is 0 Å². The highest BCUT2D eigenvalue weighted by atomic mass is 15.0. The number of benzene rings is 1. The average Bonchev–Trinajstić information content (AvgIpc) is 2.70. The molecule has 1 fully saturated rings. The van der Waals surface area contributed by atoms with E-state index < -0.39 is 0 Å². The Bertz CT molecular complexity index is 503. The summed E-state index contributed by atoms with van der Waals surface area (Å²) < 4.78 is 0. The van der Waals surface area contributed by atoms with E-state index in [-0.39, 0.29) is 0 Å². The zero-order chi connectivity index (χ0) is 15.0. The molecule has 21 heavy (non-hydrogen) atoms. The molecule has 2 aliphatic carbocycles. The Hall–Kier alpha value is -0.820. The van der Waals surface area contributed by atoms with Gasteiger partial charge in [0, 0.05) is 12.1 Å². The number of hydrogen-bond acceptors (Lipinski definition) is 1. The van der Waals surface area contributed by atoms with Crippen molar-refractivity contribution in [3.05, 3.63) is 34.9 Å². The van der Waals surface area contributed by atoms with Gasteiger partial charge in [-0.05, 0) is 73.5 Å². The van der Waals surface area contributed by atoms with Crippen molar-refractivity contribution in [1.82, 2.24) is 5.32 Å². The highest BCUT2D eigenvalue weighted by Crippen LogP contribution is 2.41. The normalized spacial score (nSPS) is 29.1. The van der Waals surface area contributed by atoms with E-state index in [1.807, 2.05) is 0 Å². The van der Waals surface area contributed by atoms with Crippen LogP contribution in [-0.4, -0.2) is 6.04 Å². The first-order chi connectivity index (χ1) is 9.94. The van der Waals surface area contributed by atoms with E-state index in [0.717, 1.165) is 5.92 Å². The van der Waals surface area contributed by atoms with Gasteiger partial charge in [-0.1, -0.05) is 39.0 Å². The third-order valence-corrected chi connectivity index (χ3v) is 5.67. The van der Waals surface area contributed by atoms with E-state index >= 15 is 0 Å². The first kappa shape index (κ1) is 15.1. The Morgan fingerprint density at radius 1 is 1.10 bits per heavy atom. The Kier molecular flexibility index (Phi) is 4.14. The third kappa shape index (κ3) is 3.34. The maximum Gasteiger partial charge on any atom is 0.0294 e. The summed E-state index contributed by atoms with van der Waals surface area (Å²) in [7, 11) is 0. The second kappa shape index (κ2) is 5.76. The van der Waals surface area contributed by atoms with E-state index in [1.54, 1.807) is 11.1 Å². The highest BCUT2D eigenvalue weighted by molar-refractivity contribution is 5.35. The monoisotopic (exact) mass is 285 g/mol. The second-order valence-corrected chi connectivity index (χ2v) is 8.28. The van der Waals surface area contributed by atoms with Crippen LogP contribution in [0.5, 0.6) is 0 Å². The fourth-order valence-electron chi connectivity index (χ4n) is 4.56. The molecule has 3 atom stereocenters. The zero-order valence-corrected chi connectivity index (χ0v) is 14.2. The molecule has 0 aromatic heterocycles. The summed E-state index contributed by atoms with van der Waals surface area (Å²) in [5, 5.41) is 3.91. The second-order valence-electron chi connectivity index (χ2n) is 8.28. The van der Waals surface area contributed by atoms with Crippen molar-refractivity contribution in [1.29, 1.82) is 0 Å². The van der Waals surface area contributed by atoms with Gasteiger partial charge in [0.15, 0.2) is 0 Å². The van der Waals surface area contributed by atoms with Gasteiger partial charge >= 0.3 is 0 Å². The van der Waals surface area contributed by atoms with Crippen LogP contribution in [0.2, 0.25) is 0 Å². The summed E-state index contributed by atoms with van der Waals surface area (Å²) >= 11 is 0. The van der Waals surface area contributed by atoms with Crippen molar-refractivity contribution in [2.24, 2.45) is 11.3 Å². The number of hydrogen-bond donors (Lipinski definition) is 1. The van der Waals surface area contributed by atoms with E-state index in [4.69, 9.17) is 0 Å². The number of aryl methyl sites for hydroxylation is 2. The van der Waals surface area contributed by atoms with Crippen LogP contribution in [0.15, 0.2) is 18.2 Å². The number of fused-ring (bicyclic) bond motifs is 1. The van der Waals surface area contributed by atoms with Gasteiger partial charge in [0.2, 0.25) is 0 Å². The Balaban J connectivity index is 1.69. The molecule has 2 aliphatic rings.